The van der Waals surface area contributed by atoms with Gasteiger partial charge < -0.3 is 10.2 Å². The average molecular weight is 218 g/mol. The van der Waals surface area contributed by atoms with E-state index in [2.05, 4.69) is 27.1 Å². The number of hydrogen-bond acceptors (Lipinski definition) is 4. The summed E-state index contributed by atoms with van der Waals surface area (Å²) >= 11 is 0. The molecule has 0 atom stereocenters. The molecule has 0 radical (unpaired) electrons. The summed E-state index contributed by atoms with van der Waals surface area (Å²) in [4.78, 5) is 11.5. The standard InChI is InChI=1S/C12H18N4/c1-9-11(16-6-4-13-5-7-16)8-14-12(15-9)10-2-3-10/h8,10,13H,2-7H2,1H3. The number of piperazine rings is 1. The second-order valence-electron chi connectivity index (χ2n) is 4.71. The van der Waals surface area contributed by atoms with E-state index in [1.165, 1.54) is 18.5 Å². The molecule has 1 aromatic rings. The first-order chi connectivity index (χ1) is 7.84. The van der Waals surface area contributed by atoms with E-state index in [0.717, 1.165) is 37.7 Å². The van der Waals surface area contributed by atoms with Crippen LogP contribution in [0.15, 0.2) is 6.20 Å². The van der Waals surface area contributed by atoms with Gasteiger partial charge in [-0.2, -0.15) is 0 Å². The molecular formula is C12H18N4. The summed E-state index contributed by atoms with van der Waals surface area (Å²) in [6.45, 7) is 6.35. The Morgan fingerprint density at radius 2 is 2.06 bits per heavy atom. The van der Waals surface area contributed by atoms with E-state index in [-0.39, 0.29) is 0 Å². The fourth-order valence-corrected chi connectivity index (χ4v) is 2.23. The summed E-state index contributed by atoms with van der Waals surface area (Å²) in [5, 5.41) is 3.36. The van der Waals surface area contributed by atoms with E-state index < -0.39 is 0 Å². The van der Waals surface area contributed by atoms with Gasteiger partial charge >= 0.3 is 0 Å². The molecule has 4 heteroatoms. The van der Waals surface area contributed by atoms with Crippen LogP contribution in [0.2, 0.25) is 0 Å². The Kier molecular flexibility index (Phi) is 2.52. The predicted molar refractivity (Wildman–Crippen MR) is 63.8 cm³/mol. The van der Waals surface area contributed by atoms with Crippen LogP contribution in [-0.2, 0) is 0 Å². The van der Waals surface area contributed by atoms with Crippen LogP contribution in [0.1, 0.15) is 30.3 Å². The van der Waals surface area contributed by atoms with Gasteiger partial charge in [0.15, 0.2) is 0 Å². The molecule has 1 aliphatic heterocycles. The molecule has 16 heavy (non-hydrogen) atoms. The third kappa shape index (κ3) is 1.89. The molecule has 0 bridgehead atoms. The third-order valence-corrected chi connectivity index (χ3v) is 3.37. The first kappa shape index (κ1) is 10.0. The molecule has 2 fully saturated rings. The summed E-state index contributed by atoms with van der Waals surface area (Å²) in [6.07, 6.45) is 4.56. The van der Waals surface area contributed by atoms with Crippen LogP contribution >= 0.6 is 0 Å². The van der Waals surface area contributed by atoms with Crippen molar-refractivity contribution in [3.05, 3.63) is 17.7 Å². The van der Waals surface area contributed by atoms with Crippen LogP contribution < -0.4 is 10.2 Å². The average Bonchev–Trinajstić information content (AvgIpc) is 3.14. The molecule has 0 amide bonds. The molecular weight excluding hydrogens is 200 g/mol. The molecule has 0 unspecified atom stereocenters. The zero-order chi connectivity index (χ0) is 11.0. The van der Waals surface area contributed by atoms with Crippen molar-refractivity contribution in [3.8, 4) is 0 Å². The summed E-state index contributed by atoms with van der Waals surface area (Å²) in [6, 6.07) is 0. The lowest BCUT2D eigenvalue weighted by Crippen LogP contribution is -2.44. The predicted octanol–water partition coefficient (Wildman–Crippen LogP) is 1.07. The van der Waals surface area contributed by atoms with Gasteiger partial charge in [-0.05, 0) is 19.8 Å². The van der Waals surface area contributed by atoms with E-state index in [4.69, 9.17) is 0 Å². The smallest absolute Gasteiger partial charge is 0.131 e. The number of aromatic nitrogens is 2. The minimum absolute atomic E-state index is 0.649. The maximum atomic E-state index is 4.64. The molecule has 1 aliphatic carbocycles. The van der Waals surface area contributed by atoms with Crippen molar-refractivity contribution < 1.29 is 0 Å². The van der Waals surface area contributed by atoms with E-state index in [0.29, 0.717) is 5.92 Å². The lowest BCUT2D eigenvalue weighted by molar-refractivity contribution is 0.586. The molecule has 0 spiro atoms. The summed E-state index contributed by atoms with van der Waals surface area (Å²) in [7, 11) is 0. The van der Waals surface area contributed by atoms with Crippen LogP contribution in [0, 0.1) is 6.92 Å². The van der Waals surface area contributed by atoms with Crippen LogP contribution in [0.4, 0.5) is 5.69 Å². The Morgan fingerprint density at radius 1 is 1.31 bits per heavy atom. The van der Waals surface area contributed by atoms with Gasteiger partial charge in [-0.15, -0.1) is 0 Å². The number of nitrogens with zero attached hydrogens (tertiary/aromatic N) is 3. The summed E-state index contributed by atoms with van der Waals surface area (Å²) in [5.74, 6) is 1.70. The third-order valence-electron chi connectivity index (χ3n) is 3.37. The van der Waals surface area contributed by atoms with E-state index in [9.17, 15) is 0 Å². The second kappa shape index (κ2) is 4.01. The quantitative estimate of drug-likeness (QED) is 0.806. The zero-order valence-electron chi connectivity index (χ0n) is 9.74. The first-order valence-corrected chi connectivity index (χ1v) is 6.14. The van der Waals surface area contributed by atoms with E-state index in [1.807, 2.05) is 6.20 Å². The van der Waals surface area contributed by atoms with Crippen LogP contribution in [0.5, 0.6) is 0 Å². The van der Waals surface area contributed by atoms with Gasteiger partial charge in [0.25, 0.3) is 0 Å². The number of rotatable bonds is 2. The Hall–Kier alpha value is -1.16. The van der Waals surface area contributed by atoms with Gasteiger partial charge in [0.05, 0.1) is 17.6 Å². The lowest BCUT2D eigenvalue weighted by atomic mass is 10.2. The molecule has 2 heterocycles. The monoisotopic (exact) mass is 218 g/mol. The van der Waals surface area contributed by atoms with Crippen molar-refractivity contribution in [3.63, 3.8) is 0 Å². The highest BCUT2D eigenvalue weighted by Gasteiger charge is 2.27. The van der Waals surface area contributed by atoms with Crippen LogP contribution in [0.3, 0.4) is 0 Å². The van der Waals surface area contributed by atoms with Crippen LogP contribution in [-0.4, -0.2) is 36.1 Å². The Balaban J connectivity index is 1.83. The molecule has 4 nitrogen and oxygen atoms in total. The van der Waals surface area contributed by atoms with Gasteiger partial charge in [-0.1, -0.05) is 0 Å². The molecule has 1 saturated heterocycles. The van der Waals surface area contributed by atoms with Crippen LogP contribution in [0.25, 0.3) is 0 Å². The number of aryl methyl sites for hydroxylation is 1. The van der Waals surface area contributed by atoms with E-state index in [1.54, 1.807) is 0 Å². The van der Waals surface area contributed by atoms with Crippen molar-refractivity contribution in [1.82, 2.24) is 15.3 Å². The van der Waals surface area contributed by atoms with E-state index >= 15 is 0 Å². The van der Waals surface area contributed by atoms with Crippen molar-refractivity contribution in [2.45, 2.75) is 25.7 Å². The Morgan fingerprint density at radius 3 is 2.69 bits per heavy atom. The summed E-state index contributed by atoms with van der Waals surface area (Å²) < 4.78 is 0. The number of anilines is 1. The maximum Gasteiger partial charge on any atom is 0.131 e. The van der Waals surface area contributed by atoms with Crippen molar-refractivity contribution in [2.75, 3.05) is 31.1 Å². The van der Waals surface area contributed by atoms with Gasteiger partial charge in [-0.25, -0.2) is 9.97 Å². The molecule has 0 aromatic carbocycles. The largest absolute Gasteiger partial charge is 0.366 e. The molecule has 1 N–H and O–H groups in total. The van der Waals surface area contributed by atoms with Crippen molar-refractivity contribution in [2.24, 2.45) is 0 Å². The first-order valence-electron chi connectivity index (χ1n) is 6.14. The fourth-order valence-electron chi connectivity index (χ4n) is 2.23. The van der Waals surface area contributed by atoms with Gasteiger partial charge in [0.1, 0.15) is 5.82 Å². The number of nitrogens with one attached hydrogen (secondary N) is 1. The molecule has 86 valence electrons. The minimum Gasteiger partial charge on any atom is -0.366 e. The Bertz CT molecular complexity index is 381. The lowest BCUT2D eigenvalue weighted by Gasteiger charge is -2.30. The Labute approximate surface area is 96.1 Å². The highest BCUT2D eigenvalue weighted by Crippen LogP contribution is 2.38. The fraction of sp³-hybridized carbons (Fsp3) is 0.667. The normalized spacial score (nSPS) is 21.2. The molecule has 1 saturated carbocycles. The summed E-state index contributed by atoms with van der Waals surface area (Å²) in [5.41, 5.74) is 2.35. The molecule has 2 aliphatic rings. The zero-order valence-corrected chi connectivity index (χ0v) is 9.74. The maximum absolute atomic E-state index is 4.64. The van der Waals surface area contributed by atoms with Gasteiger partial charge in [0.2, 0.25) is 0 Å². The SMILES string of the molecule is Cc1nc(C2CC2)ncc1N1CCNCC1. The highest BCUT2D eigenvalue weighted by molar-refractivity contribution is 5.49. The van der Waals surface area contributed by atoms with Crippen molar-refractivity contribution >= 4 is 5.69 Å². The second-order valence-corrected chi connectivity index (χ2v) is 4.71. The minimum atomic E-state index is 0.649. The van der Waals surface area contributed by atoms with Crippen molar-refractivity contribution in [1.29, 1.82) is 0 Å². The van der Waals surface area contributed by atoms with Gasteiger partial charge in [0, 0.05) is 32.1 Å². The molecule has 3 rings (SSSR count). The van der Waals surface area contributed by atoms with Gasteiger partial charge in [-0.3, -0.25) is 0 Å². The highest BCUT2D eigenvalue weighted by atomic mass is 15.2. The number of hydrogen-bond donors (Lipinski definition) is 1. The molecule has 1 aromatic heterocycles. The topological polar surface area (TPSA) is 41.1 Å².